The summed E-state index contributed by atoms with van der Waals surface area (Å²) >= 11 is 6.23. The number of nitrogens with zero attached hydrogens (tertiary/aromatic N) is 5. The summed E-state index contributed by atoms with van der Waals surface area (Å²) in [6.07, 6.45) is 4.92. The number of carbonyl (C=O) groups excluding carboxylic acids is 1. The highest BCUT2D eigenvalue weighted by molar-refractivity contribution is 6.33. The van der Waals surface area contributed by atoms with Gasteiger partial charge >= 0.3 is 5.97 Å². The first-order valence-electron chi connectivity index (χ1n) is 15.9. The summed E-state index contributed by atoms with van der Waals surface area (Å²) in [5.74, 6) is 1.30. The van der Waals surface area contributed by atoms with E-state index in [1.807, 2.05) is 17.0 Å². The number of amides is 1. The first-order chi connectivity index (χ1) is 21.4. The van der Waals surface area contributed by atoms with Gasteiger partial charge in [0.25, 0.3) is 5.91 Å². The minimum atomic E-state index is -0.752. The molecule has 0 radical (unpaired) electrons. The fraction of sp³-hybridized carbons (Fsp3) is 0.588. The van der Waals surface area contributed by atoms with Crippen molar-refractivity contribution in [2.75, 3.05) is 57.3 Å². The second-order valence-electron chi connectivity index (χ2n) is 13.9. The minimum Gasteiger partial charge on any atom is -0.489 e. The first-order valence-corrected chi connectivity index (χ1v) is 16.3. The molecular weight excluding hydrogens is 592 g/mol. The summed E-state index contributed by atoms with van der Waals surface area (Å²) in [5, 5.41) is 12.6. The largest absolute Gasteiger partial charge is 0.489 e. The van der Waals surface area contributed by atoms with Gasteiger partial charge in [-0.2, -0.15) is 0 Å². The molecule has 0 unspecified atom stereocenters. The van der Waals surface area contributed by atoms with E-state index < -0.39 is 5.97 Å². The lowest BCUT2D eigenvalue weighted by atomic mass is 9.49. The summed E-state index contributed by atoms with van der Waals surface area (Å²) in [5.41, 5.74) is 0.255. The zero-order valence-electron chi connectivity index (χ0n) is 26.8. The third-order valence-corrected chi connectivity index (χ3v) is 10.3. The Morgan fingerprint density at radius 3 is 2.29 bits per heavy atom. The van der Waals surface area contributed by atoms with E-state index in [1.54, 1.807) is 24.4 Å². The molecule has 1 aliphatic carbocycles. The summed E-state index contributed by atoms with van der Waals surface area (Å²) in [6.45, 7) is 22.2. The number of carboxylic acids is 1. The molecular formula is C34H45ClN6O4. The zero-order valence-corrected chi connectivity index (χ0v) is 27.5. The quantitative estimate of drug-likeness (QED) is 0.343. The number of nitrogens with one attached hydrogen (secondary N) is 1. The predicted molar refractivity (Wildman–Crippen MR) is 175 cm³/mol. The second kappa shape index (κ2) is 13.5. The maximum atomic E-state index is 13.3. The molecule has 2 N–H and O–H groups in total. The van der Waals surface area contributed by atoms with Crippen LogP contribution >= 0.6 is 11.6 Å². The van der Waals surface area contributed by atoms with E-state index in [9.17, 15) is 9.59 Å². The molecule has 1 saturated carbocycles. The van der Waals surface area contributed by atoms with Crippen LogP contribution in [0, 0.1) is 23.3 Å². The summed E-state index contributed by atoms with van der Waals surface area (Å²) in [7, 11) is 0. The average molecular weight is 637 g/mol. The lowest BCUT2D eigenvalue weighted by molar-refractivity contribution is -0.164. The molecule has 3 fully saturated rings. The van der Waals surface area contributed by atoms with Crippen LogP contribution in [0.3, 0.4) is 0 Å². The van der Waals surface area contributed by atoms with Gasteiger partial charge in [0.1, 0.15) is 17.7 Å². The predicted octanol–water partition coefficient (Wildman–Crippen LogP) is 5.21. The van der Waals surface area contributed by atoms with Crippen LogP contribution < -0.4 is 15.0 Å². The van der Waals surface area contributed by atoms with Gasteiger partial charge in [-0.3, -0.25) is 14.5 Å². The smallest absolute Gasteiger partial charge is 0.317 e. The molecule has 11 heteroatoms. The Labute approximate surface area is 271 Å². The van der Waals surface area contributed by atoms with Crippen LogP contribution in [0.1, 0.15) is 57.3 Å². The zero-order chi connectivity index (χ0) is 32.4. The Kier molecular flexibility index (Phi) is 9.92. The Morgan fingerprint density at radius 2 is 1.71 bits per heavy atom. The van der Waals surface area contributed by atoms with Gasteiger partial charge in [-0.1, -0.05) is 45.4 Å². The Hall–Kier alpha value is -3.39. The molecule has 0 spiro atoms. The van der Waals surface area contributed by atoms with Crippen LogP contribution in [0.25, 0.3) is 4.85 Å². The number of anilines is 1. The van der Waals surface area contributed by atoms with Crippen LogP contribution in [0.2, 0.25) is 5.02 Å². The third kappa shape index (κ3) is 7.37. The first kappa shape index (κ1) is 33.0. The third-order valence-electron chi connectivity index (χ3n) is 10.0. The highest BCUT2D eigenvalue weighted by Crippen LogP contribution is 2.55. The monoisotopic (exact) mass is 636 g/mol. The molecule has 1 amide bonds. The van der Waals surface area contributed by atoms with Gasteiger partial charge < -0.3 is 25.0 Å². The lowest BCUT2D eigenvalue weighted by Gasteiger charge is -2.63. The van der Waals surface area contributed by atoms with Gasteiger partial charge in [-0.05, 0) is 56.0 Å². The molecule has 0 bridgehead atoms. The van der Waals surface area contributed by atoms with Gasteiger partial charge in [0, 0.05) is 62.3 Å². The molecule has 10 nitrogen and oxygen atoms in total. The molecule has 3 aliphatic rings. The van der Waals surface area contributed by atoms with Crippen molar-refractivity contribution in [1.82, 2.24) is 20.1 Å². The SMILES string of the molecule is [C-]#[N+]c1ccc(OC2C(C)(C)C(NC(=O)c3ccc(N4CCC(CCN5CCN(CC(=O)O)CC5)CC4)nc3)C2(C)C)cc1Cl. The van der Waals surface area contributed by atoms with Crippen molar-refractivity contribution in [2.24, 2.45) is 16.7 Å². The second-order valence-corrected chi connectivity index (χ2v) is 14.3. The Morgan fingerprint density at radius 1 is 1.04 bits per heavy atom. The van der Waals surface area contributed by atoms with Crippen molar-refractivity contribution in [3.05, 3.63) is 58.5 Å². The number of carbonyl (C=O) groups is 2. The molecule has 1 aromatic carbocycles. The molecule has 0 atom stereocenters. The molecule has 3 heterocycles. The fourth-order valence-corrected chi connectivity index (χ4v) is 7.90. The van der Waals surface area contributed by atoms with Crippen molar-refractivity contribution in [3.63, 3.8) is 0 Å². The Bertz CT molecular complexity index is 1390. The van der Waals surface area contributed by atoms with E-state index in [2.05, 4.69) is 52.6 Å². The van der Waals surface area contributed by atoms with E-state index in [0.717, 1.165) is 64.5 Å². The fourth-order valence-electron chi connectivity index (χ4n) is 7.69. The molecule has 2 aliphatic heterocycles. The van der Waals surface area contributed by atoms with Gasteiger partial charge in [0.15, 0.2) is 0 Å². The minimum absolute atomic E-state index is 0.118. The number of pyridine rings is 1. The number of ether oxygens (including phenoxy) is 1. The van der Waals surface area contributed by atoms with Crippen molar-refractivity contribution in [2.45, 2.75) is 59.1 Å². The van der Waals surface area contributed by atoms with Crippen LogP contribution in [0.15, 0.2) is 36.5 Å². The number of hydrogen-bond donors (Lipinski definition) is 2. The summed E-state index contributed by atoms with van der Waals surface area (Å²) in [4.78, 5) is 39.1. The van der Waals surface area contributed by atoms with E-state index in [4.69, 9.17) is 28.0 Å². The molecule has 45 heavy (non-hydrogen) atoms. The maximum Gasteiger partial charge on any atom is 0.317 e. The molecule has 2 saturated heterocycles. The van der Waals surface area contributed by atoms with Crippen molar-refractivity contribution < 1.29 is 19.4 Å². The Balaban J connectivity index is 1.08. The van der Waals surface area contributed by atoms with Gasteiger partial charge in [0.05, 0.1) is 23.7 Å². The summed E-state index contributed by atoms with van der Waals surface area (Å²) in [6, 6.07) is 8.81. The number of halogens is 1. The molecule has 242 valence electrons. The van der Waals surface area contributed by atoms with Crippen molar-refractivity contribution >= 4 is 35.0 Å². The van der Waals surface area contributed by atoms with Gasteiger partial charge in [-0.15, -0.1) is 0 Å². The number of aromatic nitrogens is 1. The van der Waals surface area contributed by atoms with Crippen LogP contribution in [-0.2, 0) is 4.79 Å². The highest BCUT2D eigenvalue weighted by atomic mass is 35.5. The van der Waals surface area contributed by atoms with Gasteiger partial charge in [0.2, 0.25) is 5.69 Å². The number of rotatable bonds is 10. The van der Waals surface area contributed by atoms with E-state index in [-0.39, 0.29) is 35.4 Å². The molecule has 2 aromatic rings. The number of hydrogen-bond acceptors (Lipinski definition) is 7. The normalized spacial score (nSPS) is 23.5. The maximum absolute atomic E-state index is 13.3. The van der Waals surface area contributed by atoms with Crippen molar-refractivity contribution in [1.29, 1.82) is 0 Å². The van der Waals surface area contributed by atoms with Crippen LogP contribution in [-0.4, -0.2) is 96.3 Å². The van der Waals surface area contributed by atoms with E-state index in [0.29, 0.717) is 27.9 Å². The van der Waals surface area contributed by atoms with Crippen LogP contribution in [0.4, 0.5) is 11.5 Å². The number of aliphatic carboxylic acids is 1. The standard InChI is InChI=1S/C34H45ClN6O4/c1-33(2)31(34(3,4)32(33)45-25-7-8-27(36-5)26(35)20-25)38-30(44)24-6-9-28(37-21-24)41-14-11-23(12-15-41)10-13-39-16-18-40(19-17-39)22-29(42)43/h6-9,20-21,23,31-32H,10-19,22H2,1-4H3,(H,38,44)(H,42,43). The topological polar surface area (TPSA) is 103 Å². The molecule has 5 rings (SSSR count). The van der Waals surface area contributed by atoms with Gasteiger partial charge in [-0.25, -0.2) is 9.83 Å². The molecule has 1 aromatic heterocycles. The average Bonchev–Trinajstić information content (AvgIpc) is 3.02. The number of piperazine rings is 1. The van der Waals surface area contributed by atoms with E-state index >= 15 is 0 Å². The number of benzene rings is 1. The van der Waals surface area contributed by atoms with E-state index in [1.165, 1.54) is 6.42 Å². The van der Waals surface area contributed by atoms with Crippen molar-refractivity contribution in [3.8, 4) is 5.75 Å². The number of carboxylic acid groups (broad SMARTS) is 1. The lowest BCUT2D eigenvalue weighted by Crippen LogP contribution is -2.74. The highest BCUT2D eigenvalue weighted by Gasteiger charge is 2.64. The van der Waals surface area contributed by atoms with Crippen LogP contribution in [0.5, 0.6) is 5.75 Å². The summed E-state index contributed by atoms with van der Waals surface area (Å²) < 4.78 is 6.35. The number of piperidine rings is 1.